The quantitative estimate of drug-likeness (QED) is 0.245. The molecule has 2 aliphatic rings. The van der Waals surface area contributed by atoms with Crippen LogP contribution in [0.15, 0.2) is 60.3 Å². The Hall–Kier alpha value is -2.36. The highest BCUT2D eigenvalue weighted by atomic mass is 16.5. The molecule has 0 aromatic carbocycles. The van der Waals surface area contributed by atoms with Crippen LogP contribution in [0.4, 0.5) is 0 Å². The lowest BCUT2D eigenvalue weighted by Crippen LogP contribution is -2.28. The zero-order chi connectivity index (χ0) is 24.4. The Morgan fingerprint density at radius 3 is 1.81 bits per heavy atom. The first kappa shape index (κ1) is 27.7. The SMILES string of the molecule is C=C(C)[C@@H]1CC=C(C)[C@H](OC(=O)C(C)CC)C1.C=CC(=O)O[C@@H]1C[C@H](C(=C)C)CC=C1C. The number of esters is 2. The van der Waals surface area contributed by atoms with Crippen molar-refractivity contribution in [1.82, 2.24) is 0 Å². The molecule has 2 aliphatic carbocycles. The summed E-state index contributed by atoms with van der Waals surface area (Å²) in [7, 11) is 0. The van der Waals surface area contributed by atoms with Crippen LogP contribution in [0.3, 0.4) is 0 Å². The second-order valence-corrected chi connectivity index (χ2v) is 9.29. The van der Waals surface area contributed by atoms with Crippen molar-refractivity contribution < 1.29 is 19.1 Å². The second-order valence-electron chi connectivity index (χ2n) is 9.29. The van der Waals surface area contributed by atoms with Crippen LogP contribution in [0.5, 0.6) is 0 Å². The summed E-state index contributed by atoms with van der Waals surface area (Å²) in [5.41, 5.74) is 4.64. The molecule has 178 valence electrons. The van der Waals surface area contributed by atoms with Gasteiger partial charge < -0.3 is 9.47 Å². The minimum Gasteiger partial charge on any atom is -0.458 e. The van der Waals surface area contributed by atoms with E-state index >= 15 is 0 Å². The fraction of sp³-hybridized carbons (Fsp3) is 0.571. The summed E-state index contributed by atoms with van der Waals surface area (Å²) >= 11 is 0. The van der Waals surface area contributed by atoms with E-state index in [1.54, 1.807) is 0 Å². The first-order chi connectivity index (χ1) is 15.0. The largest absolute Gasteiger partial charge is 0.458 e. The maximum absolute atomic E-state index is 11.8. The van der Waals surface area contributed by atoms with E-state index in [1.165, 1.54) is 17.2 Å². The molecule has 0 heterocycles. The first-order valence-corrected chi connectivity index (χ1v) is 11.7. The minimum absolute atomic E-state index is 0.00648. The first-order valence-electron chi connectivity index (χ1n) is 11.7. The van der Waals surface area contributed by atoms with Gasteiger partial charge in [0.25, 0.3) is 0 Å². The summed E-state index contributed by atoms with van der Waals surface area (Å²) in [6.45, 7) is 23.4. The number of ether oxygens (including phenoxy) is 2. The van der Waals surface area contributed by atoms with E-state index in [1.807, 2.05) is 41.5 Å². The number of carbonyl (C=O) groups is 2. The topological polar surface area (TPSA) is 52.6 Å². The standard InChI is InChI=1S/C15H24O2.C13H18O2/c1-6-11(4)15(16)17-14-9-13(10(2)3)8-7-12(14)5;1-5-13(14)15-12-8-11(9(2)3)7-6-10(12)4/h7,11,13-14H,2,6,8-9H2,1,3-5H3;5-6,11-12H,1-2,7-8H2,3-4H3/t11?,13-,14-;11-,12-/m11/s1. The van der Waals surface area contributed by atoms with Gasteiger partial charge in [0.05, 0.1) is 5.92 Å². The van der Waals surface area contributed by atoms with Crippen molar-refractivity contribution in [3.63, 3.8) is 0 Å². The molecule has 4 nitrogen and oxygen atoms in total. The fourth-order valence-corrected chi connectivity index (χ4v) is 3.70. The molecule has 32 heavy (non-hydrogen) atoms. The van der Waals surface area contributed by atoms with Gasteiger partial charge >= 0.3 is 11.9 Å². The molecule has 0 saturated heterocycles. The molecule has 1 unspecified atom stereocenters. The molecule has 4 heteroatoms. The van der Waals surface area contributed by atoms with E-state index in [-0.39, 0.29) is 30.1 Å². The van der Waals surface area contributed by atoms with Crippen LogP contribution in [0.25, 0.3) is 0 Å². The molecule has 0 aliphatic heterocycles. The van der Waals surface area contributed by atoms with Gasteiger partial charge in [-0.2, -0.15) is 0 Å². The highest BCUT2D eigenvalue weighted by Gasteiger charge is 2.27. The summed E-state index contributed by atoms with van der Waals surface area (Å²) in [5.74, 6) is 0.445. The maximum Gasteiger partial charge on any atom is 0.330 e. The van der Waals surface area contributed by atoms with E-state index in [2.05, 4.69) is 31.9 Å². The average Bonchev–Trinajstić information content (AvgIpc) is 2.76. The Bertz CT molecular complexity index is 770. The Morgan fingerprint density at radius 1 is 1.00 bits per heavy atom. The van der Waals surface area contributed by atoms with Crippen LogP contribution < -0.4 is 0 Å². The highest BCUT2D eigenvalue weighted by Crippen LogP contribution is 2.31. The molecule has 0 saturated carbocycles. The number of allylic oxidation sites excluding steroid dienone is 4. The van der Waals surface area contributed by atoms with Crippen molar-refractivity contribution in [3.05, 3.63) is 60.3 Å². The van der Waals surface area contributed by atoms with E-state index in [0.29, 0.717) is 11.8 Å². The molecule has 0 amide bonds. The number of rotatable bonds is 7. The molecular formula is C28H42O4. The molecule has 0 fully saturated rings. The average molecular weight is 443 g/mol. The third-order valence-electron chi connectivity index (χ3n) is 6.55. The van der Waals surface area contributed by atoms with Gasteiger partial charge in [-0.05, 0) is 82.8 Å². The van der Waals surface area contributed by atoms with Gasteiger partial charge in [-0.1, -0.05) is 56.9 Å². The van der Waals surface area contributed by atoms with E-state index in [0.717, 1.165) is 43.3 Å². The lowest BCUT2D eigenvalue weighted by Gasteiger charge is -2.29. The van der Waals surface area contributed by atoms with E-state index in [9.17, 15) is 9.59 Å². The Morgan fingerprint density at radius 2 is 1.44 bits per heavy atom. The summed E-state index contributed by atoms with van der Waals surface area (Å²) in [6.07, 6.45) is 9.95. The van der Waals surface area contributed by atoms with Gasteiger partial charge in [0.15, 0.2) is 0 Å². The normalized spacial score (nSPS) is 25.7. The Labute approximate surface area is 195 Å². The van der Waals surface area contributed by atoms with Crippen LogP contribution in [0.2, 0.25) is 0 Å². The van der Waals surface area contributed by atoms with Gasteiger partial charge in [-0.25, -0.2) is 4.79 Å². The Balaban J connectivity index is 0.000000323. The lowest BCUT2D eigenvalue weighted by molar-refractivity contribution is -0.152. The van der Waals surface area contributed by atoms with E-state index in [4.69, 9.17) is 9.47 Å². The van der Waals surface area contributed by atoms with Crippen molar-refractivity contribution in [2.24, 2.45) is 17.8 Å². The van der Waals surface area contributed by atoms with Crippen molar-refractivity contribution in [3.8, 4) is 0 Å². The molecule has 0 aromatic heterocycles. The van der Waals surface area contributed by atoms with Gasteiger partial charge in [0.1, 0.15) is 12.2 Å². The predicted octanol–water partition coefficient (Wildman–Crippen LogP) is 6.89. The maximum atomic E-state index is 11.8. The van der Waals surface area contributed by atoms with Crippen molar-refractivity contribution >= 4 is 11.9 Å². The molecule has 0 spiro atoms. The van der Waals surface area contributed by atoms with Gasteiger partial charge in [0, 0.05) is 6.08 Å². The zero-order valence-corrected chi connectivity index (χ0v) is 20.9. The van der Waals surface area contributed by atoms with Gasteiger partial charge in [0.2, 0.25) is 0 Å². The Kier molecular flexibility index (Phi) is 11.5. The van der Waals surface area contributed by atoms with Gasteiger partial charge in [-0.3, -0.25) is 4.79 Å². The monoisotopic (exact) mass is 442 g/mol. The third kappa shape index (κ3) is 8.64. The fourth-order valence-electron chi connectivity index (χ4n) is 3.70. The van der Waals surface area contributed by atoms with Crippen LogP contribution >= 0.6 is 0 Å². The molecule has 0 bridgehead atoms. The van der Waals surface area contributed by atoms with E-state index < -0.39 is 0 Å². The molecule has 0 N–H and O–H groups in total. The predicted molar refractivity (Wildman–Crippen MR) is 132 cm³/mol. The molecule has 2 rings (SSSR count). The zero-order valence-electron chi connectivity index (χ0n) is 20.9. The molecule has 0 radical (unpaired) electrons. The van der Waals surface area contributed by atoms with Crippen LogP contribution in [-0.2, 0) is 19.1 Å². The van der Waals surface area contributed by atoms with Crippen LogP contribution in [0, 0.1) is 17.8 Å². The summed E-state index contributed by atoms with van der Waals surface area (Å²) < 4.78 is 10.9. The van der Waals surface area contributed by atoms with Gasteiger partial charge in [-0.15, -0.1) is 0 Å². The molecule has 5 atom stereocenters. The third-order valence-corrected chi connectivity index (χ3v) is 6.55. The summed E-state index contributed by atoms with van der Waals surface area (Å²) in [4.78, 5) is 22.9. The van der Waals surface area contributed by atoms with Crippen LogP contribution in [-0.4, -0.2) is 24.1 Å². The number of hydrogen-bond donors (Lipinski definition) is 0. The summed E-state index contributed by atoms with van der Waals surface area (Å²) in [5, 5.41) is 0. The van der Waals surface area contributed by atoms with Crippen molar-refractivity contribution in [2.75, 3.05) is 0 Å². The number of hydrogen-bond acceptors (Lipinski definition) is 4. The van der Waals surface area contributed by atoms with Crippen molar-refractivity contribution in [1.29, 1.82) is 0 Å². The number of carbonyl (C=O) groups excluding carboxylic acids is 2. The van der Waals surface area contributed by atoms with Crippen LogP contribution in [0.1, 0.15) is 73.6 Å². The van der Waals surface area contributed by atoms with Crippen molar-refractivity contribution in [2.45, 2.75) is 85.9 Å². The highest BCUT2D eigenvalue weighted by molar-refractivity contribution is 5.81. The molecule has 0 aromatic rings. The second kappa shape index (κ2) is 13.2. The lowest BCUT2D eigenvalue weighted by atomic mass is 9.84. The minimum atomic E-state index is -0.352. The summed E-state index contributed by atoms with van der Waals surface area (Å²) in [6, 6.07) is 0. The molecular weight excluding hydrogens is 400 g/mol. The smallest absolute Gasteiger partial charge is 0.330 e.